The van der Waals surface area contributed by atoms with Gasteiger partial charge in [0.15, 0.2) is 17.2 Å². The number of hydrogen-bond acceptors (Lipinski definition) is 6. The van der Waals surface area contributed by atoms with Crippen LogP contribution in [0.5, 0.6) is 11.5 Å². The number of phenolic OH excluding ortho intramolecular Hbond substituents is 1. The highest BCUT2D eigenvalue weighted by Gasteiger charge is 2.15. The molecule has 0 aliphatic heterocycles. The van der Waals surface area contributed by atoms with E-state index in [-0.39, 0.29) is 27.8 Å². The second kappa shape index (κ2) is 7.46. The van der Waals surface area contributed by atoms with E-state index in [1.54, 1.807) is 24.3 Å². The number of halogens is 1. The molecule has 0 saturated heterocycles. The summed E-state index contributed by atoms with van der Waals surface area (Å²) in [4.78, 5) is 24.6. The first kappa shape index (κ1) is 18.4. The van der Waals surface area contributed by atoms with Crippen LogP contribution < -0.4 is 15.7 Å². The van der Waals surface area contributed by atoms with Crippen LogP contribution >= 0.6 is 11.6 Å². The number of carbonyl (C=O) groups excluding carboxylic acids is 1. The molecule has 0 spiro atoms. The molecule has 2 aromatic carbocycles. The number of aryl methyl sites for hydroxylation is 1. The molecule has 8 nitrogen and oxygen atoms in total. The number of ether oxygens (including phenoxy) is 1. The number of benzene rings is 2. The Hall–Kier alpha value is -3.39. The lowest BCUT2D eigenvalue weighted by Gasteiger charge is -2.07. The molecule has 9 heteroatoms. The van der Waals surface area contributed by atoms with Crippen molar-refractivity contribution in [1.82, 2.24) is 15.2 Å². The summed E-state index contributed by atoms with van der Waals surface area (Å²) in [5.74, 6) is -0.572. The third-order valence-electron chi connectivity index (χ3n) is 3.82. The lowest BCUT2D eigenvalue weighted by Crippen LogP contribution is -2.27. The largest absolute Gasteiger partial charge is 0.503 e. The number of carbonyl (C=O) groups is 1. The molecule has 0 aliphatic carbocycles. The van der Waals surface area contributed by atoms with Crippen LogP contribution in [0.4, 0.5) is 0 Å². The first-order chi connectivity index (χ1) is 12.9. The van der Waals surface area contributed by atoms with Crippen molar-refractivity contribution in [2.75, 3.05) is 7.11 Å². The number of nitrogens with zero attached hydrogens (tertiary/aromatic N) is 3. The Morgan fingerprint density at radius 1 is 1.33 bits per heavy atom. The van der Waals surface area contributed by atoms with Gasteiger partial charge in [-0.25, -0.2) is 10.1 Å². The zero-order chi connectivity index (χ0) is 19.6. The quantitative estimate of drug-likeness (QED) is 0.527. The SMILES string of the molecule is COc1cc(/C=N/NC(=O)c2nn(C)c(=O)c3ccccc23)cc(Cl)c1O. The Labute approximate surface area is 158 Å². The van der Waals surface area contributed by atoms with Crippen LogP contribution in [0.1, 0.15) is 16.1 Å². The zero-order valence-electron chi connectivity index (χ0n) is 14.4. The molecule has 0 fully saturated rings. The molecule has 0 aliphatic rings. The summed E-state index contributed by atoms with van der Waals surface area (Å²) in [7, 11) is 2.87. The first-order valence-electron chi connectivity index (χ1n) is 7.78. The molecule has 0 bridgehead atoms. The van der Waals surface area contributed by atoms with Gasteiger partial charge in [0.05, 0.1) is 23.7 Å². The second-order valence-electron chi connectivity index (χ2n) is 5.58. The Morgan fingerprint density at radius 3 is 2.74 bits per heavy atom. The van der Waals surface area contributed by atoms with Crippen molar-refractivity contribution in [2.45, 2.75) is 0 Å². The molecule has 2 N–H and O–H groups in total. The highest BCUT2D eigenvalue weighted by molar-refractivity contribution is 6.32. The standard InChI is InChI=1S/C18H15ClN4O4/c1-23-18(26)12-6-4-3-5-11(12)15(22-23)17(25)21-20-9-10-7-13(19)16(24)14(8-10)27-2/h3-9,24H,1-2H3,(H,21,25)/b20-9+. The third kappa shape index (κ3) is 3.61. The third-order valence-corrected chi connectivity index (χ3v) is 4.11. The monoisotopic (exact) mass is 386 g/mol. The van der Waals surface area contributed by atoms with E-state index in [0.29, 0.717) is 16.3 Å². The molecule has 1 amide bonds. The van der Waals surface area contributed by atoms with Crippen molar-refractivity contribution in [3.63, 3.8) is 0 Å². The van der Waals surface area contributed by atoms with Crippen LogP contribution in [0.3, 0.4) is 0 Å². The van der Waals surface area contributed by atoms with Crippen LogP contribution in [-0.2, 0) is 7.05 Å². The molecule has 0 radical (unpaired) electrons. The number of hydrazone groups is 1. The van der Waals surface area contributed by atoms with E-state index in [1.807, 2.05) is 0 Å². The number of aromatic nitrogens is 2. The molecule has 1 heterocycles. The van der Waals surface area contributed by atoms with Crippen molar-refractivity contribution in [2.24, 2.45) is 12.1 Å². The first-order valence-corrected chi connectivity index (χ1v) is 8.16. The van der Waals surface area contributed by atoms with Gasteiger partial charge < -0.3 is 9.84 Å². The van der Waals surface area contributed by atoms with Crippen molar-refractivity contribution >= 4 is 34.5 Å². The number of methoxy groups -OCH3 is 1. The van der Waals surface area contributed by atoms with Crippen molar-refractivity contribution in [1.29, 1.82) is 0 Å². The Kier molecular flexibility index (Phi) is 5.09. The van der Waals surface area contributed by atoms with Crippen molar-refractivity contribution in [3.05, 3.63) is 63.0 Å². The van der Waals surface area contributed by atoms with E-state index in [4.69, 9.17) is 16.3 Å². The maximum atomic E-state index is 12.5. The second-order valence-corrected chi connectivity index (χ2v) is 5.98. The highest BCUT2D eigenvalue weighted by Crippen LogP contribution is 2.34. The molecule has 1 aromatic heterocycles. The molecule has 27 heavy (non-hydrogen) atoms. The molecule has 138 valence electrons. The number of fused-ring (bicyclic) bond motifs is 1. The molecule has 0 atom stereocenters. The number of rotatable bonds is 4. The summed E-state index contributed by atoms with van der Waals surface area (Å²) >= 11 is 5.91. The summed E-state index contributed by atoms with van der Waals surface area (Å²) in [5, 5.41) is 18.5. The fraction of sp³-hybridized carbons (Fsp3) is 0.111. The normalized spacial score (nSPS) is 11.1. The number of hydrogen-bond donors (Lipinski definition) is 2. The summed E-state index contributed by atoms with van der Waals surface area (Å²) in [6, 6.07) is 9.68. The minimum absolute atomic E-state index is 0.0752. The van der Waals surface area contributed by atoms with Crippen LogP contribution in [0.15, 0.2) is 46.3 Å². The van der Waals surface area contributed by atoms with Crippen molar-refractivity contribution in [3.8, 4) is 11.5 Å². The minimum atomic E-state index is -0.574. The Bertz CT molecular complexity index is 1120. The van der Waals surface area contributed by atoms with Gasteiger partial charge in [0.25, 0.3) is 11.5 Å². The topological polar surface area (TPSA) is 106 Å². The van der Waals surface area contributed by atoms with Gasteiger partial charge in [-0.2, -0.15) is 10.2 Å². The number of phenols is 1. The molecular weight excluding hydrogens is 372 g/mol. The maximum Gasteiger partial charge on any atom is 0.292 e. The van der Waals surface area contributed by atoms with E-state index in [1.165, 1.54) is 32.5 Å². The van der Waals surface area contributed by atoms with E-state index in [0.717, 1.165) is 4.68 Å². The van der Waals surface area contributed by atoms with E-state index < -0.39 is 5.91 Å². The summed E-state index contributed by atoms with van der Waals surface area (Å²) in [6.07, 6.45) is 1.34. The molecular formula is C18H15ClN4O4. The predicted molar refractivity (Wildman–Crippen MR) is 102 cm³/mol. The number of nitrogens with one attached hydrogen (secondary N) is 1. The van der Waals surface area contributed by atoms with Gasteiger partial charge in [0.2, 0.25) is 0 Å². The predicted octanol–water partition coefficient (Wildman–Crippen LogP) is 2.06. The smallest absolute Gasteiger partial charge is 0.292 e. The van der Waals surface area contributed by atoms with Crippen LogP contribution in [0.2, 0.25) is 5.02 Å². The van der Waals surface area contributed by atoms with Gasteiger partial charge in [0, 0.05) is 12.4 Å². The lowest BCUT2D eigenvalue weighted by atomic mass is 10.1. The molecule has 0 unspecified atom stereocenters. The van der Waals surface area contributed by atoms with Gasteiger partial charge in [0.1, 0.15) is 0 Å². The molecule has 0 saturated carbocycles. The van der Waals surface area contributed by atoms with Gasteiger partial charge >= 0.3 is 0 Å². The van der Waals surface area contributed by atoms with Gasteiger partial charge in [-0.1, -0.05) is 29.8 Å². The summed E-state index contributed by atoms with van der Waals surface area (Å²) < 4.78 is 6.11. The van der Waals surface area contributed by atoms with Crippen molar-refractivity contribution < 1.29 is 14.6 Å². The lowest BCUT2D eigenvalue weighted by molar-refractivity contribution is 0.0950. The van der Waals surface area contributed by atoms with Gasteiger partial charge in [-0.15, -0.1) is 0 Å². The van der Waals surface area contributed by atoms with Crippen LogP contribution in [-0.4, -0.2) is 34.1 Å². The van der Waals surface area contributed by atoms with E-state index in [2.05, 4.69) is 15.6 Å². The van der Waals surface area contributed by atoms with Gasteiger partial charge in [-0.05, 0) is 23.8 Å². The van der Waals surface area contributed by atoms with Gasteiger partial charge in [-0.3, -0.25) is 9.59 Å². The van der Waals surface area contributed by atoms with E-state index >= 15 is 0 Å². The average Bonchev–Trinajstić information content (AvgIpc) is 2.67. The van der Waals surface area contributed by atoms with E-state index in [9.17, 15) is 14.7 Å². The fourth-order valence-electron chi connectivity index (χ4n) is 2.51. The van der Waals surface area contributed by atoms with Crippen LogP contribution in [0, 0.1) is 0 Å². The molecule has 3 aromatic rings. The highest BCUT2D eigenvalue weighted by atomic mass is 35.5. The van der Waals surface area contributed by atoms with Crippen LogP contribution in [0.25, 0.3) is 10.8 Å². The maximum absolute atomic E-state index is 12.5. The zero-order valence-corrected chi connectivity index (χ0v) is 15.2. The average molecular weight is 387 g/mol. The molecule has 3 rings (SSSR count). The number of aromatic hydroxyl groups is 1. The Morgan fingerprint density at radius 2 is 2.04 bits per heavy atom. The Balaban J connectivity index is 1.88. The minimum Gasteiger partial charge on any atom is -0.503 e. The summed E-state index contributed by atoms with van der Waals surface area (Å²) in [5.41, 5.74) is 2.65. The number of amides is 1. The fourth-order valence-corrected chi connectivity index (χ4v) is 2.73. The summed E-state index contributed by atoms with van der Waals surface area (Å²) in [6.45, 7) is 0.